The molecule has 5 nitrogen and oxygen atoms in total. The summed E-state index contributed by atoms with van der Waals surface area (Å²) >= 11 is 5.46. The molecule has 0 radical (unpaired) electrons. The molecule has 1 atom stereocenters. The molecule has 7 heteroatoms. The molecule has 88 valence electrons. The topological polar surface area (TPSA) is 81.2 Å². The molecule has 0 aliphatic carbocycles. The fourth-order valence-corrected chi connectivity index (χ4v) is 1.26. The molecule has 16 heavy (non-hydrogen) atoms. The van der Waals surface area contributed by atoms with Crippen LogP contribution in [0.1, 0.15) is 6.92 Å². The van der Waals surface area contributed by atoms with E-state index in [1.54, 1.807) is 6.92 Å². The van der Waals surface area contributed by atoms with Crippen LogP contribution in [0.2, 0.25) is 5.02 Å². The van der Waals surface area contributed by atoms with Crippen LogP contribution < -0.4 is 11.1 Å². The fraction of sp³-hybridized carbons (Fsp3) is 0.333. The normalized spacial score (nSPS) is 12.2. The summed E-state index contributed by atoms with van der Waals surface area (Å²) < 4.78 is 13.1. The van der Waals surface area contributed by atoms with Gasteiger partial charge in [0, 0.05) is 24.7 Å². The van der Waals surface area contributed by atoms with Gasteiger partial charge < -0.3 is 11.1 Å². The van der Waals surface area contributed by atoms with Crippen molar-refractivity contribution in [2.24, 2.45) is 5.73 Å². The highest BCUT2D eigenvalue weighted by molar-refractivity contribution is 6.31. The van der Waals surface area contributed by atoms with Crippen LogP contribution in [0, 0.1) is 15.9 Å². The summed E-state index contributed by atoms with van der Waals surface area (Å²) in [5.74, 6) is -0.709. The number of nitrogens with two attached hydrogens (primary N) is 1. The molecule has 0 aliphatic rings. The predicted molar refractivity (Wildman–Crippen MR) is 60.2 cm³/mol. The van der Waals surface area contributed by atoms with Gasteiger partial charge in [0.15, 0.2) is 0 Å². The second kappa shape index (κ2) is 5.09. The molecule has 0 amide bonds. The predicted octanol–water partition coefficient (Wildman–Crippen LogP) is 2.15. The highest BCUT2D eigenvalue weighted by atomic mass is 35.5. The number of hydrogen-bond acceptors (Lipinski definition) is 4. The molecule has 0 saturated heterocycles. The fourth-order valence-electron chi connectivity index (χ4n) is 1.10. The molecule has 0 bridgehead atoms. The Morgan fingerprint density at radius 3 is 2.81 bits per heavy atom. The summed E-state index contributed by atoms with van der Waals surface area (Å²) in [6, 6.07) is 1.77. The van der Waals surface area contributed by atoms with Crippen LogP contribution in [0.5, 0.6) is 0 Å². The lowest BCUT2D eigenvalue weighted by Gasteiger charge is -2.09. The van der Waals surface area contributed by atoms with Gasteiger partial charge in [0.25, 0.3) is 5.69 Å². The van der Waals surface area contributed by atoms with Gasteiger partial charge in [-0.1, -0.05) is 11.6 Å². The molecule has 1 rings (SSSR count). The SMILES string of the molecule is CC(N)CNc1cc(F)c(Cl)cc1[N+](=O)[O-]. The lowest BCUT2D eigenvalue weighted by atomic mass is 10.2. The quantitative estimate of drug-likeness (QED) is 0.631. The minimum absolute atomic E-state index is 0.0733. The highest BCUT2D eigenvalue weighted by Crippen LogP contribution is 2.30. The molecule has 1 aromatic carbocycles. The molecule has 0 saturated carbocycles. The number of nitrogens with zero attached hydrogens (tertiary/aromatic N) is 1. The molecule has 1 unspecified atom stereocenters. The standard InChI is InChI=1S/C9H11ClFN3O2/c1-5(12)4-13-8-3-7(11)6(10)2-9(8)14(15)16/h2-3,5,13H,4,12H2,1H3. The molecule has 0 aliphatic heterocycles. The Balaban J connectivity index is 3.05. The van der Waals surface area contributed by atoms with Crippen molar-refractivity contribution in [3.8, 4) is 0 Å². The Kier molecular flexibility index (Phi) is 4.03. The Morgan fingerprint density at radius 2 is 2.31 bits per heavy atom. The van der Waals surface area contributed by atoms with Crippen molar-refractivity contribution in [3.05, 3.63) is 33.1 Å². The largest absolute Gasteiger partial charge is 0.378 e. The van der Waals surface area contributed by atoms with Crippen LogP contribution in [0.15, 0.2) is 12.1 Å². The number of nitro benzene ring substituents is 1. The first-order valence-electron chi connectivity index (χ1n) is 4.54. The van der Waals surface area contributed by atoms with Crippen molar-refractivity contribution in [2.45, 2.75) is 13.0 Å². The monoisotopic (exact) mass is 247 g/mol. The Hall–Kier alpha value is -1.40. The maximum absolute atomic E-state index is 13.1. The number of benzene rings is 1. The van der Waals surface area contributed by atoms with Gasteiger partial charge in [-0.15, -0.1) is 0 Å². The van der Waals surface area contributed by atoms with Gasteiger partial charge in [-0.25, -0.2) is 4.39 Å². The van der Waals surface area contributed by atoms with Crippen molar-refractivity contribution < 1.29 is 9.31 Å². The van der Waals surface area contributed by atoms with Gasteiger partial charge in [-0.05, 0) is 6.92 Å². The zero-order valence-electron chi connectivity index (χ0n) is 8.54. The van der Waals surface area contributed by atoms with Gasteiger partial charge in [0.2, 0.25) is 0 Å². The smallest absolute Gasteiger partial charge is 0.294 e. The van der Waals surface area contributed by atoms with Crippen LogP contribution in [0.3, 0.4) is 0 Å². The summed E-state index contributed by atoms with van der Waals surface area (Å²) in [5, 5.41) is 13.1. The molecular formula is C9H11ClFN3O2. The van der Waals surface area contributed by atoms with E-state index in [4.69, 9.17) is 17.3 Å². The Labute approximate surface area is 96.5 Å². The average Bonchev–Trinajstić information content (AvgIpc) is 2.18. The lowest BCUT2D eigenvalue weighted by molar-refractivity contribution is -0.384. The molecule has 0 fully saturated rings. The van der Waals surface area contributed by atoms with Gasteiger partial charge in [-0.3, -0.25) is 10.1 Å². The van der Waals surface area contributed by atoms with Gasteiger partial charge in [-0.2, -0.15) is 0 Å². The summed E-state index contributed by atoms with van der Waals surface area (Å²) in [7, 11) is 0. The van der Waals surface area contributed by atoms with E-state index in [9.17, 15) is 14.5 Å². The van der Waals surface area contributed by atoms with E-state index in [2.05, 4.69) is 5.32 Å². The third-order valence-corrected chi connectivity index (χ3v) is 2.14. The van der Waals surface area contributed by atoms with E-state index in [1.807, 2.05) is 0 Å². The van der Waals surface area contributed by atoms with Gasteiger partial charge in [0.05, 0.1) is 9.95 Å². The number of halogens is 2. The van der Waals surface area contributed by atoms with Crippen LogP contribution in [-0.4, -0.2) is 17.5 Å². The van der Waals surface area contributed by atoms with E-state index in [-0.39, 0.29) is 22.4 Å². The van der Waals surface area contributed by atoms with Crippen LogP contribution >= 0.6 is 11.6 Å². The number of nitro groups is 1. The molecule has 3 N–H and O–H groups in total. The summed E-state index contributed by atoms with van der Waals surface area (Å²) in [4.78, 5) is 10.1. The minimum Gasteiger partial charge on any atom is -0.378 e. The first-order chi connectivity index (χ1) is 7.41. The summed E-state index contributed by atoms with van der Waals surface area (Å²) in [5.41, 5.74) is 5.28. The van der Waals surface area contributed by atoms with Gasteiger partial charge >= 0.3 is 0 Å². The van der Waals surface area contributed by atoms with E-state index < -0.39 is 10.7 Å². The maximum Gasteiger partial charge on any atom is 0.294 e. The van der Waals surface area contributed by atoms with E-state index in [0.717, 1.165) is 12.1 Å². The van der Waals surface area contributed by atoms with Gasteiger partial charge in [0.1, 0.15) is 11.5 Å². The minimum atomic E-state index is -0.709. The maximum atomic E-state index is 13.1. The van der Waals surface area contributed by atoms with Crippen LogP contribution in [-0.2, 0) is 0 Å². The zero-order valence-corrected chi connectivity index (χ0v) is 9.29. The van der Waals surface area contributed by atoms with E-state index in [0.29, 0.717) is 6.54 Å². The first-order valence-corrected chi connectivity index (χ1v) is 4.92. The lowest BCUT2D eigenvalue weighted by Crippen LogP contribution is -2.25. The second-order valence-corrected chi connectivity index (χ2v) is 3.81. The summed E-state index contributed by atoms with van der Waals surface area (Å²) in [6.07, 6.45) is 0. The summed E-state index contributed by atoms with van der Waals surface area (Å²) in [6.45, 7) is 2.03. The second-order valence-electron chi connectivity index (χ2n) is 3.40. The molecule has 0 spiro atoms. The Bertz CT molecular complexity index is 412. The van der Waals surface area contributed by atoms with Crippen molar-refractivity contribution in [3.63, 3.8) is 0 Å². The average molecular weight is 248 g/mol. The third kappa shape index (κ3) is 3.04. The third-order valence-electron chi connectivity index (χ3n) is 1.85. The zero-order chi connectivity index (χ0) is 12.3. The molecular weight excluding hydrogens is 237 g/mol. The number of rotatable bonds is 4. The van der Waals surface area contributed by atoms with E-state index >= 15 is 0 Å². The van der Waals surface area contributed by atoms with Crippen LogP contribution in [0.4, 0.5) is 15.8 Å². The van der Waals surface area contributed by atoms with Crippen molar-refractivity contribution in [1.82, 2.24) is 0 Å². The van der Waals surface area contributed by atoms with Crippen LogP contribution in [0.25, 0.3) is 0 Å². The first kappa shape index (κ1) is 12.7. The number of nitrogens with one attached hydrogen (secondary N) is 1. The molecule has 0 heterocycles. The molecule has 1 aromatic rings. The Morgan fingerprint density at radius 1 is 1.69 bits per heavy atom. The van der Waals surface area contributed by atoms with Crippen molar-refractivity contribution >= 4 is 23.0 Å². The highest BCUT2D eigenvalue weighted by Gasteiger charge is 2.17. The van der Waals surface area contributed by atoms with E-state index in [1.165, 1.54) is 0 Å². The molecule has 0 aromatic heterocycles. The van der Waals surface area contributed by atoms with Crippen molar-refractivity contribution in [1.29, 1.82) is 0 Å². The number of hydrogen-bond donors (Lipinski definition) is 2. The number of anilines is 1. The van der Waals surface area contributed by atoms with Crippen molar-refractivity contribution in [2.75, 3.05) is 11.9 Å².